The lowest BCUT2D eigenvalue weighted by molar-refractivity contribution is 0.0437. The summed E-state index contributed by atoms with van der Waals surface area (Å²) in [5.41, 5.74) is -1.11. The molecular formula is C17H29N3O3. The predicted molar refractivity (Wildman–Crippen MR) is 90.4 cm³/mol. The van der Waals surface area contributed by atoms with Crippen LogP contribution in [-0.2, 0) is 10.3 Å². The molecule has 1 aromatic rings. The SMILES string of the molecule is CCNC(=NCC(C)(O)c1ccco1)NCCCOCC1CC1. The van der Waals surface area contributed by atoms with Crippen molar-refractivity contribution in [3.8, 4) is 0 Å². The van der Waals surface area contributed by atoms with Crippen molar-refractivity contribution in [3.63, 3.8) is 0 Å². The van der Waals surface area contributed by atoms with Gasteiger partial charge in [-0.1, -0.05) is 0 Å². The van der Waals surface area contributed by atoms with Crippen LogP contribution in [0.5, 0.6) is 0 Å². The van der Waals surface area contributed by atoms with Gasteiger partial charge >= 0.3 is 0 Å². The van der Waals surface area contributed by atoms with Gasteiger partial charge in [0, 0.05) is 26.3 Å². The van der Waals surface area contributed by atoms with E-state index in [1.54, 1.807) is 25.3 Å². The van der Waals surface area contributed by atoms with Crippen molar-refractivity contribution in [1.29, 1.82) is 0 Å². The third-order valence-corrected chi connectivity index (χ3v) is 3.75. The van der Waals surface area contributed by atoms with Gasteiger partial charge in [0.1, 0.15) is 11.4 Å². The van der Waals surface area contributed by atoms with Gasteiger partial charge in [-0.3, -0.25) is 0 Å². The number of aliphatic hydroxyl groups is 1. The first kappa shape index (κ1) is 17.8. The van der Waals surface area contributed by atoms with Crippen LogP contribution in [0, 0.1) is 5.92 Å². The van der Waals surface area contributed by atoms with Crippen LogP contribution >= 0.6 is 0 Å². The Labute approximate surface area is 138 Å². The molecular weight excluding hydrogens is 294 g/mol. The Hall–Kier alpha value is -1.53. The summed E-state index contributed by atoms with van der Waals surface area (Å²) in [5.74, 6) is 2.03. The summed E-state index contributed by atoms with van der Waals surface area (Å²) in [5, 5.41) is 16.9. The van der Waals surface area contributed by atoms with Gasteiger partial charge in [-0.15, -0.1) is 0 Å². The molecule has 0 saturated heterocycles. The second-order valence-electron chi connectivity index (χ2n) is 6.24. The first-order valence-corrected chi connectivity index (χ1v) is 8.48. The molecule has 1 fully saturated rings. The molecule has 2 rings (SSSR count). The van der Waals surface area contributed by atoms with E-state index in [1.165, 1.54) is 12.8 Å². The van der Waals surface area contributed by atoms with E-state index in [1.807, 2.05) is 6.92 Å². The topological polar surface area (TPSA) is 79.0 Å². The van der Waals surface area contributed by atoms with Crippen LogP contribution in [0.2, 0.25) is 0 Å². The first-order valence-electron chi connectivity index (χ1n) is 8.48. The largest absolute Gasteiger partial charge is 0.466 e. The van der Waals surface area contributed by atoms with E-state index in [0.717, 1.165) is 38.6 Å². The molecule has 0 spiro atoms. The van der Waals surface area contributed by atoms with Crippen LogP contribution in [0.4, 0.5) is 0 Å². The Morgan fingerprint density at radius 3 is 2.96 bits per heavy atom. The molecule has 130 valence electrons. The van der Waals surface area contributed by atoms with E-state index in [9.17, 15) is 5.11 Å². The van der Waals surface area contributed by atoms with Gasteiger partial charge in [-0.2, -0.15) is 0 Å². The summed E-state index contributed by atoms with van der Waals surface area (Å²) in [6, 6.07) is 3.52. The van der Waals surface area contributed by atoms with Crippen molar-refractivity contribution >= 4 is 5.96 Å². The third kappa shape index (κ3) is 6.62. The van der Waals surface area contributed by atoms with Crippen molar-refractivity contribution < 1.29 is 14.3 Å². The van der Waals surface area contributed by atoms with E-state index in [2.05, 4.69) is 15.6 Å². The Kier molecular flexibility index (Phi) is 6.92. The molecule has 6 heteroatoms. The summed E-state index contributed by atoms with van der Waals surface area (Å²) in [6.45, 7) is 7.18. The molecule has 23 heavy (non-hydrogen) atoms. The summed E-state index contributed by atoms with van der Waals surface area (Å²) in [6.07, 6.45) is 5.14. The van der Waals surface area contributed by atoms with Crippen LogP contribution in [-0.4, -0.2) is 43.9 Å². The van der Waals surface area contributed by atoms with E-state index in [4.69, 9.17) is 9.15 Å². The number of hydrogen-bond donors (Lipinski definition) is 3. The third-order valence-electron chi connectivity index (χ3n) is 3.75. The standard InChI is InChI=1S/C17H29N3O3/c1-3-18-16(19-9-5-10-22-12-14-7-8-14)20-13-17(2,21)15-6-4-11-23-15/h4,6,11,14,21H,3,5,7-10,12-13H2,1-2H3,(H2,18,19,20). The van der Waals surface area contributed by atoms with Crippen molar-refractivity contribution in [3.05, 3.63) is 24.2 Å². The Balaban J connectivity index is 1.70. The number of aliphatic imine (C=N–C) groups is 1. The van der Waals surface area contributed by atoms with Gasteiger partial charge in [0.25, 0.3) is 0 Å². The molecule has 1 aliphatic carbocycles. The molecule has 0 amide bonds. The van der Waals surface area contributed by atoms with Gasteiger partial charge in [-0.05, 0) is 51.2 Å². The average Bonchev–Trinajstić information content (AvgIpc) is 3.17. The molecule has 1 aliphatic rings. The number of guanidine groups is 1. The van der Waals surface area contributed by atoms with Crippen LogP contribution in [0.25, 0.3) is 0 Å². The highest BCUT2D eigenvalue weighted by molar-refractivity contribution is 5.79. The summed E-state index contributed by atoms with van der Waals surface area (Å²) < 4.78 is 10.9. The van der Waals surface area contributed by atoms with Crippen LogP contribution in [0.3, 0.4) is 0 Å². The smallest absolute Gasteiger partial charge is 0.191 e. The molecule has 0 aromatic carbocycles. The van der Waals surface area contributed by atoms with Crippen LogP contribution in [0.1, 0.15) is 38.9 Å². The molecule has 0 bridgehead atoms. The molecule has 1 unspecified atom stereocenters. The Bertz CT molecular complexity index is 467. The predicted octanol–water partition coefficient (Wildman–Crippen LogP) is 1.86. The molecule has 1 aromatic heterocycles. The van der Waals surface area contributed by atoms with E-state index in [0.29, 0.717) is 11.7 Å². The lowest BCUT2D eigenvalue weighted by Gasteiger charge is -2.19. The van der Waals surface area contributed by atoms with Gasteiger partial charge in [0.05, 0.1) is 12.8 Å². The van der Waals surface area contributed by atoms with Crippen LogP contribution in [0.15, 0.2) is 27.8 Å². The van der Waals surface area contributed by atoms with Gasteiger partial charge < -0.3 is 24.9 Å². The molecule has 6 nitrogen and oxygen atoms in total. The quantitative estimate of drug-likeness (QED) is 0.348. The average molecular weight is 323 g/mol. The fourth-order valence-electron chi connectivity index (χ4n) is 2.15. The number of furan rings is 1. The van der Waals surface area contributed by atoms with E-state index < -0.39 is 5.60 Å². The molecule has 0 radical (unpaired) electrons. The summed E-state index contributed by atoms with van der Waals surface area (Å²) >= 11 is 0. The first-order chi connectivity index (χ1) is 11.1. The summed E-state index contributed by atoms with van der Waals surface area (Å²) in [4.78, 5) is 4.44. The minimum Gasteiger partial charge on any atom is -0.466 e. The maximum atomic E-state index is 10.4. The van der Waals surface area contributed by atoms with Gasteiger partial charge in [0.15, 0.2) is 5.96 Å². The molecule has 1 atom stereocenters. The lowest BCUT2D eigenvalue weighted by Crippen LogP contribution is -2.39. The number of nitrogens with one attached hydrogen (secondary N) is 2. The molecule has 0 aliphatic heterocycles. The minimum absolute atomic E-state index is 0.230. The fraction of sp³-hybridized carbons (Fsp3) is 0.706. The van der Waals surface area contributed by atoms with Crippen LogP contribution < -0.4 is 10.6 Å². The van der Waals surface area contributed by atoms with Crippen molar-refractivity contribution in [1.82, 2.24) is 10.6 Å². The highest BCUT2D eigenvalue weighted by Gasteiger charge is 2.26. The maximum Gasteiger partial charge on any atom is 0.191 e. The van der Waals surface area contributed by atoms with Crippen molar-refractivity contribution in [2.45, 2.75) is 38.7 Å². The number of ether oxygens (including phenoxy) is 1. The minimum atomic E-state index is -1.11. The maximum absolute atomic E-state index is 10.4. The molecule has 3 N–H and O–H groups in total. The monoisotopic (exact) mass is 323 g/mol. The Morgan fingerprint density at radius 2 is 2.30 bits per heavy atom. The zero-order valence-corrected chi connectivity index (χ0v) is 14.2. The normalized spacial score (nSPS) is 17.8. The number of rotatable bonds is 10. The number of hydrogen-bond acceptors (Lipinski definition) is 4. The zero-order valence-electron chi connectivity index (χ0n) is 14.2. The number of nitrogens with zero attached hydrogens (tertiary/aromatic N) is 1. The second kappa shape index (κ2) is 8.93. The lowest BCUT2D eigenvalue weighted by atomic mass is 10.0. The highest BCUT2D eigenvalue weighted by Crippen LogP contribution is 2.28. The second-order valence-corrected chi connectivity index (χ2v) is 6.24. The fourth-order valence-corrected chi connectivity index (χ4v) is 2.15. The van der Waals surface area contributed by atoms with Gasteiger partial charge in [-0.25, -0.2) is 4.99 Å². The molecule has 1 saturated carbocycles. The molecule has 1 heterocycles. The Morgan fingerprint density at radius 1 is 1.48 bits per heavy atom. The zero-order chi connectivity index (χ0) is 16.5. The van der Waals surface area contributed by atoms with Gasteiger partial charge in [0.2, 0.25) is 0 Å². The van der Waals surface area contributed by atoms with E-state index >= 15 is 0 Å². The van der Waals surface area contributed by atoms with Crippen molar-refractivity contribution in [2.24, 2.45) is 10.9 Å². The highest BCUT2D eigenvalue weighted by atomic mass is 16.5. The van der Waals surface area contributed by atoms with E-state index in [-0.39, 0.29) is 6.54 Å². The van der Waals surface area contributed by atoms with Crippen molar-refractivity contribution in [2.75, 3.05) is 32.8 Å². The summed E-state index contributed by atoms with van der Waals surface area (Å²) in [7, 11) is 0.